The third-order valence-corrected chi connectivity index (χ3v) is 2.70. The van der Waals surface area contributed by atoms with Gasteiger partial charge in [0.25, 0.3) is 6.02 Å². The Morgan fingerprint density at radius 2 is 1.69 bits per heavy atom. The summed E-state index contributed by atoms with van der Waals surface area (Å²) in [6.07, 6.45) is 6.72. The summed E-state index contributed by atoms with van der Waals surface area (Å²) in [5, 5.41) is 0. The lowest BCUT2D eigenvalue weighted by Gasteiger charge is -2.25. The highest BCUT2D eigenvalue weighted by Gasteiger charge is 2.16. The minimum atomic E-state index is 0.784. The van der Waals surface area contributed by atoms with E-state index < -0.39 is 0 Å². The third-order valence-electron chi connectivity index (χ3n) is 2.70. The van der Waals surface area contributed by atoms with Crippen LogP contribution in [0.1, 0.15) is 32.1 Å². The molecular formula is C10H18N2O. The number of amidine groups is 1. The zero-order valence-electron chi connectivity index (χ0n) is 8.17. The molecule has 2 rings (SSSR count). The number of aliphatic imine (C=N–C) groups is 1. The molecule has 1 fully saturated rings. The predicted octanol–water partition coefficient (Wildman–Crippen LogP) is 1.64. The van der Waals surface area contributed by atoms with Gasteiger partial charge in [0, 0.05) is 13.1 Å². The molecule has 74 valence electrons. The first-order chi connectivity index (χ1) is 6.47. The van der Waals surface area contributed by atoms with Gasteiger partial charge in [0.15, 0.2) is 0 Å². The summed E-state index contributed by atoms with van der Waals surface area (Å²) in [6, 6.07) is 0.905. The van der Waals surface area contributed by atoms with Gasteiger partial charge in [-0.3, -0.25) is 0 Å². The van der Waals surface area contributed by atoms with Crippen molar-refractivity contribution < 1.29 is 4.74 Å². The van der Waals surface area contributed by atoms with Gasteiger partial charge in [0.05, 0.1) is 6.54 Å². The number of ether oxygens (including phenoxy) is 1. The van der Waals surface area contributed by atoms with Crippen LogP contribution >= 0.6 is 0 Å². The van der Waals surface area contributed by atoms with E-state index in [2.05, 4.69) is 9.89 Å². The molecule has 0 aromatic rings. The maximum absolute atomic E-state index is 5.46. The number of rotatable bonds is 0. The third kappa shape index (κ3) is 2.36. The van der Waals surface area contributed by atoms with E-state index in [0.29, 0.717) is 0 Å². The van der Waals surface area contributed by atoms with Crippen molar-refractivity contribution in [2.24, 2.45) is 4.99 Å². The van der Waals surface area contributed by atoms with Crippen molar-refractivity contribution in [3.8, 4) is 0 Å². The summed E-state index contributed by atoms with van der Waals surface area (Å²) in [5.41, 5.74) is 0. The van der Waals surface area contributed by atoms with E-state index in [1.807, 2.05) is 0 Å². The van der Waals surface area contributed by atoms with Crippen LogP contribution in [0.5, 0.6) is 0 Å². The van der Waals surface area contributed by atoms with E-state index in [-0.39, 0.29) is 0 Å². The Bertz CT molecular complexity index is 183. The topological polar surface area (TPSA) is 24.8 Å². The van der Waals surface area contributed by atoms with Gasteiger partial charge in [0.2, 0.25) is 0 Å². The number of hydrogen-bond acceptors (Lipinski definition) is 3. The number of hydrogen-bond donors (Lipinski definition) is 0. The van der Waals surface area contributed by atoms with Crippen LogP contribution in [-0.4, -0.2) is 37.2 Å². The van der Waals surface area contributed by atoms with Gasteiger partial charge in [-0.2, -0.15) is 0 Å². The van der Waals surface area contributed by atoms with E-state index in [4.69, 9.17) is 4.74 Å². The molecule has 0 aromatic heterocycles. The van der Waals surface area contributed by atoms with Crippen LogP contribution in [0.2, 0.25) is 0 Å². The van der Waals surface area contributed by atoms with Crippen LogP contribution in [-0.2, 0) is 4.74 Å². The lowest BCUT2D eigenvalue weighted by molar-refractivity contribution is 0.250. The van der Waals surface area contributed by atoms with Crippen molar-refractivity contribution in [3.63, 3.8) is 0 Å². The highest BCUT2D eigenvalue weighted by atomic mass is 16.5. The van der Waals surface area contributed by atoms with E-state index in [1.165, 1.54) is 32.1 Å². The summed E-state index contributed by atoms with van der Waals surface area (Å²) >= 11 is 0. The largest absolute Gasteiger partial charge is 0.463 e. The molecule has 0 atom stereocenters. The van der Waals surface area contributed by atoms with Crippen LogP contribution < -0.4 is 0 Å². The second kappa shape index (κ2) is 4.49. The molecule has 1 saturated heterocycles. The second-order valence-electron chi connectivity index (χ2n) is 3.77. The zero-order chi connectivity index (χ0) is 8.93. The number of nitrogens with zero attached hydrogens (tertiary/aromatic N) is 2. The Morgan fingerprint density at radius 1 is 1.00 bits per heavy atom. The van der Waals surface area contributed by atoms with Crippen LogP contribution in [0, 0.1) is 0 Å². The van der Waals surface area contributed by atoms with Gasteiger partial charge in [-0.05, 0) is 12.8 Å². The molecule has 0 bridgehead atoms. The molecular weight excluding hydrogens is 164 g/mol. The van der Waals surface area contributed by atoms with E-state index >= 15 is 0 Å². The average Bonchev–Trinajstić information content (AvgIpc) is 2.55. The second-order valence-corrected chi connectivity index (χ2v) is 3.77. The van der Waals surface area contributed by atoms with E-state index in [1.54, 1.807) is 0 Å². The standard InChI is InChI=1S/C10H18N2O/c1-2-4-7-12(8-5-3-1)10-11-6-9-13-10/h1-9H2. The quantitative estimate of drug-likeness (QED) is 0.569. The molecule has 3 nitrogen and oxygen atoms in total. The minimum Gasteiger partial charge on any atom is -0.463 e. The van der Waals surface area contributed by atoms with Crippen molar-refractivity contribution in [2.75, 3.05) is 26.2 Å². The molecule has 2 aliphatic heterocycles. The Labute approximate surface area is 79.8 Å². The van der Waals surface area contributed by atoms with E-state index in [0.717, 1.165) is 32.3 Å². The fourth-order valence-electron chi connectivity index (χ4n) is 1.95. The maximum atomic E-state index is 5.46. The summed E-state index contributed by atoms with van der Waals surface area (Å²) < 4.78 is 5.46. The first-order valence-electron chi connectivity index (χ1n) is 5.39. The maximum Gasteiger partial charge on any atom is 0.287 e. The molecule has 13 heavy (non-hydrogen) atoms. The monoisotopic (exact) mass is 182 g/mol. The molecule has 2 heterocycles. The minimum absolute atomic E-state index is 0.784. The highest BCUT2D eigenvalue weighted by molar-refractivity contribution is 5.75. The summed E-state index contributed by atoms with van der Waals surface area (Å²) in [4.78, 5) is 6.66. The lowest BCUT2D eigenvalue weighted by Crippen LogP contribution is -2.33. The Hall–Kier alpha value is -0.730. The SMILES string of the molecule is C1CCCN(C2=NCCO2)CCC1. The lowest BCUT2D eigenvalue weighted by atomic mass is 10.1. The van der Waals surface area contributed by atoms with Gasteiger partial charge >= 0.3 is 0 Å². The first-order valence-corrected chi connectivity index (χ1v) is 5.39. The molecule has 3 heteroatoms. The van der Waals surface area contributed by atoms with Crippen molar-refractivity contribution in [1.82, 2.24) is 4.90 Å². The molecule has 0 radical (unpaired) electrons. The smallest absolute Gasteiger partial charge is 0.287 e. The van der Waals surface area contributed by atoms with Crippen molar-refractivity contribution in [2.45, 2.75) is 32.1 Å². The average molecular weight is 182 g/mol. The molecule has 2 aliphatic rings. The van der Waals surface area contributed by atoms with Crippen molar-refractivity contribution in [3.05, 3.63) is 0 Å². The summed E-state index contributed by atoms with van der Waals surface area (Å²) in [7, 11) is 0. The molecule has 0 saturated carbocycles. The Morgan fingerprint density at radius 3 is 2.31 bits per heavy atom. The fraction of sp³-hybridized carbons (Fsp3) is 0.900. The molecule has 0 N–H and O–H groups in total. The first kappa shape index (κ1) is 8.85. The number of likely N-dealkylation sites (tertiary alicyclic amines) is 1. The fourth-order valence-corrected chi connectivity index (χ4v) is 1.95. The summed E-state index contributed by atoms with van der Waals surface area (Å²) in [6.45, 7) is 3.91. The zero-order valence-corrected chi connectivity index (χ0v) is 8.17. The van der Waals surface area contributed by atoms with Crippen LogP contribution in [0.15, 0.2) is 4.99 Å². The Kier molecular flexibility index (Phi) is 3.06. The molecule has 0 spiro atoms. The Balaban J connectivity index is 1.87. The van der Waals surface area contributed by atoms with Crippen LogP contribution in [0.25, 0.3) is 0 Å². The van der Waals surface area contributed by atoms with Gasteiger partial charge in [-0.1, -0.05) is 19.3 Å². The molecule has 0 aliphatic carbocycles. The predicted molar refractivity (Wildman–Crippen MR) is 52.9 cm³/mol. The highest BCUT2D eigenvalue weighted by Crippen LogP contribution is 2.12. The van der Waals surface area contributed by atoms with Crippen molar-refractivity contribution >= 4 is 6.02 Å². The normalized spacial score (nSPS) is 24.6. The van der Waals surface area contributed by atoms with Gasteiger partial charge in [0.1, 0.15) is 6.61 Å². The van der Waals surface area contributed by atoms with Gasteiger partial charge < -0.3 is 9.64 Å². The van der Waals surface area contributed by atoms with Gasteiger partial charge in [-0.25, -0.2) is 4.99 Å². The van der Waals surface area contributed by atoms with Crippen LogP contribution in [0.4, 0.5) is 0 Å². The summed E-state index contributed by atoms with van der Waals surface area (Å²) in [5.74, 6) is 0. The molecule has 0 unspecified atom stereocenters. The van der Waals surface area contributed by atoms with Gasteiger partial charge in [-0.15, -0.1) is 0 Å². The van der Waals surface area contributed by atoms with E-state index in [9.17, 15) is 0 Å². The molecule has 0 amide bonds. The van der Waals surface area contributed by atoms with Crippen molar-refractivity contribution in [1.29, 1.82) is 0 Å². The van der Waals surface area contributed by atoms with Crippen LogP contribution in [0.3, 0.4) is 0 Å². The molecule has 0 aromatic carbocycles.